The predicted octanol–water partition coefficient (Wildman–Crippen LogP) is 4.79. The third kappa shape index (κ3) is 4.59. The number of carbonyl (C=O) groups is 1. The number of piperazine rings is 1. The number of aromatic nitrogens is 3. The van der Waals surface area contributed by atoms with Crippen LogP contribution in [0.3, 0.4) is 0 Å². The van der Waals surface area contributed by atoms with E-state index in [1.807, 2.05) is 30.5 Å². The van der Waals surface area contributed by atoms with Gasteiger partial charge in [-0.05, 0) is 36.6 Å². The van der Waals surface area contributed by atoms with Crippen LogP contribution in [0.4, 0.5) is 11.6 Å². The van der Waals surface area contributed by atoms with Gasteiger partial charge in [0.15, 0.2) is 0 Å². The van der Waals surface area contributed by atoms with Crippen LogP contribution < -0.4 is 10.2 Å². The Balaban J connectivity index is 1.36. The van der Waals surface area contributed by atoms with E-state index in [1.165, 1.54) is 0 Å². The monoisotopic (exact) mass is 556 g/mol. The minimum atomic E-state index is -0.195. The van der Waals surface area contributed by atoms with Crippen molar-refractivity contribution in [2.45, 2.75) is 6.92 Å². The fraction of sp³-hybridized carbons (Fsp3) is 0.217. The number of fused-ring (bicyclic) bond motifs is 1. The van der Waals surface area contributed by atoms with E-state index in [1.54, 1.807) is 29.8 Å². The minimum Gasteiger partial charge on any atom is -0.354 e. The second-order valence-corrected chi connectivity index (χ2v) is 9.90. The van der Waals surface area contributed by atoms with Crippen molar-refractivity contribution >= 4 is 62.5 Å². The van der Waals surface area contributed by atoms with Crippen LogP contribution in [0.25, 0.3) is 21.3 Å². The van der Waals surface area contributed by atoms with Crippen LogP contribution >= 0.6 is 34.2 Å². The van der Waals surface area contributed by atoms with E-state index in [-0.39, 0.29) is 5.91 Å². The molecule has 1 N–H and O–H groups in total. The van der Waals surface area contributed by atoms with Crippen LogP contribution in [0.5, 0.6) is 0 Å². The molecule has 0 bridgehead atoms. The summed E-state index contributed by atoms with van der Waals surface area (Å²) in [4.78, 5) is 28.6. The number of rotatable bonds is 4. The second kappa shape index (κ2) is 9.08. The molecule has 1 aliphatic heterocycles. The smallest absolute Gasteiger partial charge is 0.257 e. The lowest BCUT2D eigenvalue weighted by Crippen LogP contribution is -2.42. The van der Waals surface area contributed by atoms with E-state index in [4.69, 9.17) is 0 Å². The number of amides is 1. The Morgan fingerprint density at radius 3 is 2.69 bits per heavy atom. The highest BCUT2D eigenvalue weighted by Gasteiger charge is 2.18. The van der Waals surface area contributed by atoms with Gasteiger partial charge in [0.2, 0.25) is 0 Å². The van der Waals surface area contributed by atoms with Crippen LogP contribution in [-0.2, 0) is 0 Å². The van der Waals surface area contributed by atoms with Crippen molar-refractivity contribution in [2.75, 3.05) is 36.4 Å². The SMILES string of the molecule is Cc1csc(-c2ccc3cnc(NC(=O)c4ccnc(N5CCN(I)CC5)c4)cc3c2)n1. The second-order valence-electron chi connectivity index (χ2n) is 7.68. The summed E-state index contributed by atoms with van der Waals surface area (Å²) in [5.41, 5.74) is 2.64. The number of carbonyl (C=O) groups excluding carboxylic acids is 1. The largest absolute Gasteiger partial charge is 0.354 e. The Morgan fingerprint density at radius 1 is 1.06 bits per heavy atom. The zero-order valence-corrected chi connectivity index (χ0v) is 20.4. The summed E-state index contributed by atoms with van der Waals surface area (Å²) in [6, 6.07) is 11.7. The molecule has 4 aromatic rings. The average molecular weight is 556 g/mol. The molecule has 1 aliphatic rings. The number of nitrogens with one attached hydrogen (secondary N) is 1. The topological polar surface area (TPSA) is 74.2 Å². The van der Waals surface area contributed by atoms with Crippen molar-refractivity contribution < 1.29 is 4.79 Å². The summed E-state index contributed by atoms with van der Waals surface area (Å²) in [5.74, 6) is 1.16. The maximum atomic E-state index is 12.9. The highest BCUT2D eigenvalue weighted by molar-refractivity contribution is 14.1. The van der Waals surface area contributed by atoms with E-state index in [2.05, 4.69) is 63.3 Å². The predicted molar refractivity (Wildman–Crippen MR) is 138 cm³/mol. The zero-order chi connectivity index (χ0) is 22.1. The molecule has 162 valence electrons. The van der Waals surface area contributed by atoms with Gasteiger partial charge in [-0.15, -0.1) is 11.3 Å². The van der Waals surface area contributed by atoms with Gasteiger partial charge < -0.3 is 10.2 Å². The summed E-state index contributed by atoms with van der Waals surface area (Å²) >= 11 is 3.97. The van der Waals surface area contributed by atoms with E-state index in [0.29, 0.717) is 11.4 Å². The summed E-state index contributed by atoms with van der Waals surface area (Å²) in [6.07, 6.45) is 3.47. The van der Waals surface area contributed by atoms with Gasteiger partial charge in [-0.2, -0.15) is 0 Å². The van der Waals surface area contributed by atoms with Crippen LogP contribution in [-0.4, -0.2) is 50.2 Å². The molecule has 9 heteroatoms. The molecule has 0 unspecified atom stereocenters. The highest BCUT2D eigenvalue weighted by Crippen LogP contribution is 2.28. The lowest BCUT2D eigenvalue weighted by molar-refractivity contribution is 0.102. The maximum absolute atomic E-state index is 12.9. The molecule has 4 heterocycles. The van der Waals surface area contributed by atoms with Gasteiger partial charge in [-0.1, -0.05) is 12.1 Å². The first-order valence-corrected chi connectivity index (χ1v) is 12.1. The molecule has 1 fully saturated rings. The summed E-state index contributed by atoms with van der Waals surface area (Å²) in [6.45, 7) is 5.74. The number of halogens is 1. The van der Waals surface area contributed by atoms with E-state index < -0.39 is 0 Å². The van der Waals surface area contributed by atoms with Crippen LogP contribution in [0.2, 0.25) is 0 Å². The number of benzene rings is 1. The van der Waals surface area contributed by atoms with E-state index >= 15 is 0 Å². The molecular weight excluding hydrogens is 535 g/mol. The van der Waals surface area contributed by atoms with Crippen LogP contribution in [0.1, 0.15) is 16.1 Å². The lowest BCUT2D eigenvalue weighted by Gasteiger charge is -2.32. The molecule has 3 aromatic heterocycles. The molecule has 0 aliphatic carbocycles. The fourth-order valence-electron chi connectivity index (χ4n) is 3.66. The molecule has 1 amide bonds. The number of nitrogens with zero attached hydrogens (tertiary/aromatic N) is 5. The zero-order valence-electron chi connectivity index (χ0n) is 17.5. The van der Waals surface area contributed by atoms with Crippen LogP contribution in [0.15, 0.2) is 54.2 Å². The molecule has 32 heavy (non-hydrogen) atoms. The normalized spacial score (nSPS) is 14.6. The van der Waals surface area contributed by atoms with Crippen molar-refractivity contribution in [1.82, 2.24) is 18.1 Å². The number of hydrogen-bond acceptors (Lipinski definition) is 7. The molecule has 1 saturated heterocycles. The van der Waals surface area contributed by atoms with Gasteiger partial charge in [0.1, 0.15) is 16.6 Å². The van der Waals surface area contributed by atoms with Gasteiger partial charge in [-0.25, -0.2) is 18.1 Å². The van der Waals surface area contributed by atoms with Gasteiger partial charge in [0, 0.05) is 89.0 Å². The average Bonchev–Trinajstić information content (AvgIpc) is 3.25. The first kappa shape index (κ1) is 21.2. The number of hydrogen-bond donors (Lipinski definition) is 1. The first-order chi connectivity index (χ1) is 15.5. The lowest BCUT2D eigenvalue weighted by atomic mass is 10.1. The fourth-order valence-corrected chi connectivity index (χ4v) is 4.89. The van der Waals surface area contributed by atoms with E-state index in [0.717, 1.165) is 59.0 Å². The third-order valence-corrected chi connectivity index (χ3v) is 7.36. The van der Waals surface area contributed by atoms with Crippen molar-refractivity contribution in [1.29, 1.82) is 0 Å². The molecule has 7 nitrogen and oxygen atoms in total. The summed E-state index contributed by atoms with van der Waals surface area (Å²) < 4.78 is 2.26. The number of anilines is 2. The molecular formula is C23H21IN6OS. The Morgan fingerprint density at radius 2 is 1.91 bits per heavy atom. The van der Waals surface area contributed by atoms with Gasteiger partial charge in [0.05, 0.1) is 0 Å². The highest BCUT2D eigenvalue weighted by atomic mass is 127. The molecule has 0 spiro atoms. The van der Waals surface area contributed by atoms with Gasteiger partial charge >= 0.3 is 0 Å². The van der Waals surface area contributed by atoms with Gasteiger partial charge in [0.25, 0.3) is 5.91 Å². The number of aryl methyl sites for hydroxylation is 1. The minimum absolute atomic E-state index is 0.195. The molecule has 0 atom stereocenters. The van der Waals surface area contributed by atoms with Crippen molar-refractivity contribution in [2.24, 2.45) is 0 Å². The first-order valence-electron chi connectivity index (χ1n) is 10.3. The molecule has 5 rings (SSSR count). The maximum Gasteiger partial charge on any atom is 0.257 e. The standard InChI is InChI=1S/C23H21IN6OS/c1-15-14-32-23(27-15)17-2-3-18-13-26-20(11-19(18)10-17)28-22(31)16-4-5-25-21(12-16)29-6-8-30(24)9-7-29/h2-5,10-14H,6-9H2,1H3,(H,26,28,31). The molecule has 0 radical (unpaired) electrons. The van der Waals surface area contributed by atoms with Crippen molar-refractivity contribution in [3.8, 4) is 10.6 Å². The summed E-state index contributed by atoms with van der Waals surface area (Å²) in [7, 11) is 0. The Labute approximate surface area is 204 Å². The molecule has 0 saturated carbocycles. The quantitative estimate of drug-likeness (QED) is 0.288. The van der Waals surface area contributed by atoms with E-state index in [9.17, 15) is 4.79 Å². The third-order valence-electron chi connectivity index (χ3n) is 5.39. The number of thiazole rings is 1. The Bertz CT molecular complexity index is 1280. The van der Waals surface area contributed by atoms with Crippen LogP contribution in [0, 0.1) is 6.92 Å². The van der Waals surface area contributed by atoms with Gasteiger partial charge in [-0.3, -0.25) is 4.79 Å². The molecule has 1 aromatic carbocycles. The summed E-state index contributed by atoms with van der Waals surface area (Å²) in [5, 5.41) is 7.98. The Kier molecular flexibility index (Phi) is 6.03. The Hall–Kier alpha value is -2.63. The number of pyridine rings is 2. The van der Waals surface area contributed by atoms with Crippen molar-refractivity contribution in [3.05, 3.63) is 65.4 Å². The van der Waals surface area contributed by atoms with Crippen molar-refractivity contribution in [3.63, 3.8) is 0 Å².